The largest absolute Gasteiger partial charge is 1.00 e. The van der Waals surface area contributed by atoms with Gasteiger partial charge in [-0.2, -0.15) is 18.7 Å². The molecule has 0 spiro atoms. The Morgan fingerprint density at radius 3 is 1.67 bits per heavy atom. The van der Waals surface area contributed by atoms with Crippen molar-refractivity contribution in [3.05, 3.63) is 174 Å². The first kappa shape index (κ1) is 76.2. The number of rotatable bonds is 24. The SMILES string of the molecule is COc1ccc(COC(=O)C2=C(C[n+]3cccc4c3ncn4Cc3ccccn3)CSC3C(NC(=O)/C(=N\OCF)c4nsc(NC(=O)OC(C)(C)C)n4)C(=O)N23)cc1.Cl.Nc1nc(/C(=N/OCF)C(=O)NC2C(=O)N3C(C(=O)[O-])=C(C[n+]4cccc5c4ncn5Cc4ccccn4)CSC23)ns1.[I-]. The Kier molecular flexibility index (Phi) is 24.8. The molecule has 5 amide bonds. The predicted molar refractivity (Wildman–Crippen MR) is 367 cm³/mol. The maximum absolute atomic E-state index is 14.0. The molecule has 0 saturated carbocycles. The van der Waals surface area contributed by atoms with Crippen molar-refractivity contribution in [1.82, 2.24) is 68.2 Å². The zero-order valence-electron chi connectivity index (χ0n) is 54.9. The average Bonchev–Trinajstić information content (AvgIpc) is 1.01. The number of pyridine rings is 4. The van der Waals surface area contributed by atoms with Gasteiger partial charge in [0, 0.05) is 58.1 Å². The van der Waals surface area contributed by atoms with Gasteiger partial charge in [-0.3, -0.25) is 53.4 Å². The molecule has 1 aromatic carbocycles. The van der Waals surface area contributed by atoms with Crippen LogP contribution in [-0.2, 0) is 80.7 Å². The van der Waals surface area contributed by atoms with E-state index >= 15 is 0 Å². The molecule has 0 radical (unpaired) electrons. The Hall–Kier alpha value is -10.4. The number of benzene rings is 1. The molecule has 4 aliphatic rings. The number of hydrogen-bond donors (Lipinski definition) is 4. The van der Waals surface area contributed by atoms with Gasteiger partial charge in [-0.25, -0.2) is 27.5 Å². The molecule has 2 fully saturated rings. The fourth-order valence-electron chi connectivity index (χ4n) is 11.0. The highest BCUT2D eigenvalue weighted by molar-refractivity contribution is 8.00. The van der Waals surface area contributed by atoms with Gasteiger partial charge in [-0.15, -0.1) is 35.9 Å². The first-order valence-corrected chi connectivity index (χ1v) is 34.3. The lowest BCUT2D eigenvalue weighted by atomic mass is 10.0. The van der Waals surface area contributed by atoms with Crippen LogP contribution in [0.15, 0.2) is 155 Å². The molecule has 0 bridgehead atoms. The number of amides is 5. The smallest absolute Gasteiger partial charge is 0.414 e. The Balaban J connectivity index is 0.000000229. The second kappa shape index (κ2) is 33.8. The number of alkyl halides is 2. The number of nitrogens with one attached hydrogen (secondary N) is 3. The molecule has 542 valence electrons. The van der Waals surface area contributed by atoms with Crippen LogP contribution >= 0.6 is 59.0 Å². The Morgan fingerprint density at radius 2 is 1.20 bits per heavy atom. The van der Waals surface area contributed by atoms with E-state index < -0.39 is 95.2 Å². The average molecular weight is 1630 g/mol. The van der Waals surface area contributed by atoms with Crippen LogP contribution in [0.25, 0.3) is 22.3 Å². The van der Waals surface area contributed by atoms with Crippen LogP contribution in [0.3, 0.4) is 0 Å². The third kappa shape index (κ3) is 17.1. The molecule has 4 aliphatic heterocycles. The number of carboxylic acid groups (broad SMARTS) is 1. The van der Waals surface area contributed by atoms with E-state index in [0.717, 1.165) is 38.9 Å². The minimum atomic E-state index is -1.52. The first-order valence-electron chi connectivity index (χ1n) is 30.7. The number of esters is 1. The number of anilines is 2. The third-order valence-corrected chi connectivity index (χ3v) is 19.3. The number of nitrogens with two attached hydrogens (primary N) is 1. The summed E-state index contributed by atoms with van der Waals surface area (Å²) >= 11 is 4.10. The van der Waals surface area contributed by atoms with E-state index in [0.29, 0.717) is 58.4 Å². The number of oxime groups is 2. The summed E-state index contributed by atoms with van der Waals surface area (Å²) in [7, 11) is 1.55. The first-order chi connectivity index (χ1) is 49.3. The molecule has 4 unspecified atom stereocenters. The monoisotopic (exact) mass is 1630 g/mol. The van der Waals surface area contributed by atoms with Crippen molar-refractivity contribution in [3.63, 3.8) is 0 Å². The molecule has 13 rings (SSSR count). The van der Waals surface area contributed by atoms with Crippen molar-refractivity contribution < 1.29 is 104 Å². The van der Waals surface area contributed by atoms with E-state index in [4.69, 9.17) is 19.9 Å². The van der Waals surface area contributed by atoms with Crippen LogP contribution in [0.2, 0.25) is 0 Å². The van der Waals surface area contributed by atoms with Gasteiger partial charge in [0.1, 0.15) is 70.6 Å². The number of ether oxygens (including phenoxy) is 3. The zero-order chi connectivity index (χ0) is 71.8. The van der Waals surface area contributed by atoms with Crippen molar-refractivity contribution in [2.45, 2.75) is 82.0 Å². The normalized spacial score (nSPS) is 17.0. The molecule has 4 atom stereocenters. The highest BCUT2D eigenvalue weighted by Gasteiger charge is 2.56. The van der Waals surface area contributed by atoms with Gasteiger partial charge in [0.05, 0.1) is 55.6 Å². The highest BCUT2D eigenvalue weighted by atomic mass is 127. The van der Waals surface area contributed by atoms with Crippen molar-refractivity contribution in [1.29, 1.82) is 0 Å². The second-order valence-corrected chi connectivity index (χ2v) is 27.0. The van der Waals surface area contributed by atoms with Crippen LogP contribution in [0, 0.1) is 0 Å². The van der Waals surface area contributed by atoms with E-state index in [2.05, 4.69) is 74.6 Å². The number of fused-ring (bicyclic) bond motifs is 4. The van der Waals surface area contributed by atoms with Gasteiger partial charge in [-0.1, -0.05) is 34.6 Å². The Labute approximate surface area is 628 Å². The maximum Gasteiger partial charge on any atom is 0.414 e. The number of thioether (sulfide) groups is 2. The van der Waals surface area contributed by atoms with E-state index in [1.165, 1.54) is 28.4 Å². The summed E-state index contributed by atoms with van der Waals surface area (Å²) in [5.41, 5.74) is 9.89. The van der Waals surface area contributed by atoms with E-state index in [9.17, 15) is 47.4 Å². The van der Waals surface area contributed by atoms with Gasteiger partial charge < -0.3 is 74.1 Å². The van der Waals surface area contributed by atoms with Crippen LogP contribution < -0.4 is 64.6 Å². The summed E-state index contributed by atoms with van der Waals surface area (Å²) in [6.07, 6.45) is 9.66. The third-order valence-electron chi connectivity index (χ3n) is 15.5. The number of carbonyl (C=O) groups is 7. The molecule has 33 nitrogen and oxygen atoms in total. The molecule has 0 aliphatic carbocycles. The summed E-state index contributed by atoms with van der Waals surface area (Å²) in [6.45, 7) is 3.60. The van der Waals surface area contributed by atoms with Crippen molar-refractivity contribution in [3.8, 4) is 5.75 Å². The molecule has 41 heteroatoms. The van der Waals surface area contributed by atoms with Gasteiger partial charge >= 0.3 is 23.4 Å². The lowest BCUT2D eigenvalue weighted by Gasteiger charge is -2.50. The van der Waals surface area contributed by atoms with E-state index in [1.54, 1.807) is 88.0 Å². The number of carboxylic acids is 1. The predicted octanol–water partition coefficient (Wildman–Crippen LogP) is 0.0979. The molecule has 104 heavy (non-hydrogen) atoms. The van der Waals surface area contributed by atoms with E-state index in [-0.39, 0.29) is 101 Å². The van der Waals surface area contributed by atoms with Crippen molar-refractivity contribution in [2.24, 2.45) is 10.3 Å². The fraction of sp³-hybridized carbons (Fsp3) is 0.286. The molecular weight excluding hydrogens is 1570 g/mol. The summed E-state index contributed by atoms with van der Waals surface area (Å²) in [6, 6.07) is 23.7. The lowest BCUT2D eigenvalue weighted by molar-refractivity contribution is -0.665. The van der Waals surface area contributed by atoms with Gasteiger partial charge in [-0.05, 0) is 97.0 Å². The standard InChI is InChI=1S/C38H37FN10O8S2.C25H21FN10O5S2.ClH.HI/c1-38(2,3)57-37(53)44-36-43-30(46-59-36)27(45-56-20-39)32(50)42-28-33(51)49-29(35(52)55-18-22-10-12-25(54-4)13-11-22)23(19-58-34(28)49)16-47-15-7-9-26-31(47)41-21-48(26)17-24-8-5-6-14-40-24;26-11-41-32-16(19-31-25(27)43-33-19)21(37)30-17-22(38)36-18(24(39)40)13(10-42-23(17)36)8-34-7-3-5-15-20(34)29-12-35(15)9-14-4-1-2-6-28-14;;/h5-15,21,28,34H,16-20H2,1-4H3,(H-,42,43,44,46,50,53);1-7,12,17,23H,8-11H2,(H3-,27,30,31,33,37,39,40);2*1H/b45-27-;32-16-;;. The number of nitrogen functional groups attached to an aromatic ring is 1. The van der Waals surface area contributed by atoms with E-state index in [1.807, 2.05) is 80.6 Å². The van der Waals surface area contributed by atoms with Crippen LogP contribution in [0.1, 0.15) is 49.4 Å². The molecular formula is C63H60ClF2IN20O13S4. The number of β-lactam (4-membered cyclic amide) rings is 2. The van der Waals surface area contributed by atoms with Gasteiger partial charge in [0.25, 0.3) is 37.4 Å². The minimum absolute atomic E-state index is 0. The summed E-state index contributed by atoms with van der Waals surface area (Å²) in [5, 5.41) is 25.3. The molecule has 5 N–H and O–H groups in total. The van der Waals surface area contributed by atoms with Gasteiger partial charge in [0.2, 0.25) is 40.9 Å². The van der Waals surface area contributed by atoms with Gasteiger partial charge in [0.15, 0.2) is 5.13 Å². The second-order valence-electron chi connectivity index (χ2n) is 23.3. The molecule has 9 aromatic rings. The summed E-state index contributed by atoms with van der Waals surface area (Å²) in [4.78, 5) is 130. The topological polar surface area (TPSA) is 403 Å². The number of aromatic nitrogens is 12. The number of carbonyl (C=O) groups excluding carboxylic acids is 7. The number of methoxy groups -OCH3 is 1. The maximum atomic E-state index is 14.0. The van der Waals surface area contributed by atoms with Crippen LogP contribution in [0.5, 0.6) is 5.75 Å². The molecule has 8 aromatic heterocycles. The number of aliphatic carboxylic acids is 1. The lowest BCUT2D eigenvalue weighted by Crippen LogP contribution is -3.00. The number of hydrogen-bond acceptors (Lipinski definition) is 28. The number of imidazole rings is 2. The number of nitrogens with zero attached hydrogens (tertiary/aromatic N) is 16. The molecule has 2 saturated heterocycles. The van der Waals surface area contributed by atoms with Crippen molar-refractivity contribution >= 4 is 145 Å². The fourth-order valence-corrected chi connectivity index (χ4v) is 14.7. The summed E-state index contributed by atoms with van der Waals surface area (Å²) < 4.78 is 57.4. The zero-order valence-corrected chi connectivity index (χ0v) is 61.2. The number of halogens is 4. The molecule has 12 heterocycles. The van der Waals surface area contributed by atoms with Crippen molar-refractivity contribution in [2.75, 3.05) is 43.4 Å². The Bertz CT molecular complexity index is 4840. The Morgan fingerprint density at radius 1 is 0.692 bits per heavy atom. The van der Waals surface area contributed by atoms with Crippen LogP contribution in [0.4, 0.5) is 23.8 Å². The van der Waals surface area contributed by atoms with Crippen LogP contribution in [-0.4, -0.2) is 171 Å². The summed E-state index contributed by atoms with van der Waals surface area (Å²) in [5.74, 6) is -4.75. The highest BCUT2D eigenvalue weighted by Crippen LogP contribution is 2.42. The quantitative estimate of drug-likeness (QED) is 0.0156. The minimum Gasteiger partial charge on any atom is -1.00 e.